The van der Waals surface area contributed by atoms with Crippen molar-refractivity contribution < 1.29 is 5.11 Å². The summed E-state index contributed by atoms with van der Waals surface area (Å²) in [7, 11) is 0. The molecule has 2 rings (SSSR count). The van der Waals surface area contributed by atoms with Crippen molar-refractivity contribution in [3.63, 3.8) is 0 Å². The molecule has 0 bridgehead atoms. The van der Waals surface area contributed by atoms with Crippen LogP contribution in [0.1, 0.15) is 33.6 Å². The lowest BCUT2D eigenvalue weighted by Crippen LogP contribution is -2.43. The van der Waals surface area contributed by atoms with E-state index in [0.29, 0.717) is 5.92 Å². The van der Waals surface area contributed by atoms with Crippen molar-refractivity contribution in [3.05, 3.63) is 0 Å². The van der Waals surface area contributed by atoms with Crippen molar-refractivity contribution in [2.24, 2.45) is 17.1 Å². The summed E-state index contributed by atoms with van der Waals surface area (Å²) in [6, 6.07) is 0. The Morgan fingerprint density at radius 1 is 1.47 bits per heavy atom. The van der Waals surface area contributed by atoms with E-state index in [0.717, 1.165) is 32.5 Å². The molecule has 2 aliphatic rings. The zero-order valence-electron chi connectivity index (χ0n) is 10.2. The summed E-state index contributed by atoms with van der Waals surface area (Å²) >= 11 is 0. The van der Waals surface area contributed by atoms with Crippen molar-refractivity contribution in [2.75, 3.05) is 19.6 Å². The lowest BCUT2D eigenvalue weighted by molar-refractivity contribution is 0.112. The molecule has 1 saturated heterocycles. The van der Waals surface area contributed by atoms with Gasteiger partial charge in [0.2, 0.25) is 0 Å². The van der Waals surface area contributed by atoms with Crippen LogP contribution in [0.15, 0.2) is 0 Å². The number of aliphatic hydroxyl groups excluding tert-OH is 1. The van der Waals surface area contributed by atoms with Crippen LogP contribution < -0.4 is 5.73 Å². The minimum Gasteiger partial charge on any atom is -0.393 e. The molecule has 3 heteroatoms. The molecule has 1 aliphatic heterocycles. The summed E-state index contributed by atoms with van der Waals surface area (Å²) in [4.78, 5) is 2.52. The summed E-state index contributed by atoms with van der Waals surface area (Å²) in [5.41, 5.74) is 6.37. The van der Waals surface area contributed by atoms with Gasteiger partial charge in [-0.25, -0.2) is 0 Å². The van der Waals surface area contributed by atoms with Crippen LogP contribution in [0.4, 0.5) is 0 Å². The maximum atomic E-state index is 9.75. The third kappa shape index (κ3) is 1.81. The standard InChI is InChI=1S/C12H24N2O/c1-11(2,3)14-6-9-4-10(15)5-12(9,7-13)8-14/h9-10,15H,4-8,13H2,1-3H3/t9-,10?,12-/m1/s1. The van der Waals surface area contributed by atoms with E-state index >= 15 is 0 Å². The van der Waals surface area contributed by atoms with E-state index in [1.807, 2.05) is 0 Å². The molecule has 1 heterocycles. The Kier molecular flexibility index (Phi) is 2.61. The fraction of sp³-hybridized carbons (Fsp3) is 1.00. The first-order valence-corrected chi connectivity index (χ1v) is 6.00. The van der Waals surface area contributed by atoms with E-state index in [4.69, 9.17) is 5.73 Å². The minimum absolute atomic E-state index is 0.110. The molecule has 88 valence electrons. The monoisotopic (exact) mass is 212 g/mol. The van der Waals surface area contributed by atoms with Crippen molar-refractivity contribution in [2.45, 2.75) is 45.3 Å². The molecular weight excluding hydrogens is 188 g/mol. The van der Waals surface area contributed by atoms with Crippen LogP contribution in [0.3, 0.4) is 0 Å². The number of rotatable bonds is 1. The predicted molar refractivity (Wildman–Crippen MR) is 61.5 cm³/mol. The molecule has 0 aromatic carbocycles. The topological polar surface area (TPSA) is 49.5 Å². The van der Waals surface area contributed by atoms with Crippen LogP contribution in [0, 0.1) is 11.3 Å². The molecule has 0 aromatic heterocycles. The van der Waals surface area contributed by atoms with Crippen LogP contribution in [-0.4, -0.2) is 41.3 Å². The molecule has 15 heavy (non-hydrogen) atoms. The first-order valence-electron chi connectivity index (χ1n) is 6.00. The van der Waals surface area contributed by atoms with Gasteiger partial charge >= 0.3 is 0 Å². The van der Waals surface area contributed by atoms with Crippen LogP contribution in [0.25, 0.3) is 0 Å². The maximum Gasteiger partial charge on any atom is 0.0550 e. The second kappa shape index (κ2) is 3.44. The maximum absolute atomic E-state index is 9.75. The quantitative estimate of drug-likeness (QED) is 0.676. The second-order valence-electron chi connectivity index (χ2n) is 6.41. The number of likely N-dealkylation sites (tertiary alicyclic amines) is 1. The smallest absolute Gasteiger partial charge is 0.0550 e. The molecule has 0 radical (unpaired) electrons. The van der Waals surface area contributed by atoms with Gasteiger partial charge in [-0.1, -0.05) is 0 Å². The minimum atomic E-state index is -0.110. The molecule has 0 aromatic rings. The van der Waals surface area contributed by atoms with E-state index in [2.05, 4.69) is 25.7 Å². The Bertz CT molecular complexity index is 248. The average Bonchev–Trinajstić information content (AvgIpc) is 2.55. The predicted octanol–water partition coefficient (Wildman–Crippen LogP) is 0.817. The number of hydrogen-bond acceptors (Lipinski definition) is 3. The fourth-order valence-corrected chi connectivity index (χ4v) is 3.30. The largest absolute Gasteiger partial charge is 0.393 e. The first kappa shape index (κ1) is 11.4. The first-order chi connectivity index (χ1) is 6.87. The third-order valence-corrected chi connectivity index (χ3v) is 4.37. The number of aliphatic hydroxyl groups is 1. The van der Waals surface area contributed by atoms with Crippen LogP contribution in [-0.2, 0) is 0 Å². The number of fused-ring (bicyclic) bond motifs is 1. The molecule has 3 atom stereocenters. The molecule has 3 nitrogen and oxygen atoms in total. The molecule has 2 fully saturated rings. The van der Waals surface area contributed by atoms with Crippen LogP contribution in [0.5, 0.6) is 0 Å². The summed E-state index contributed by atoms with van der Waals surface area (Å²) in [6.07, 6.45) is 1.74. The highest BCUT2D eigenvalue weighted by Gasteiger charge is 2.53. The van der Waals surface area contributed by atoms with Crippen molar-refractivity contribution in [1.29, 1.82) is 0 Å². The Morgan fingerprint density at radius 3 is 2.60 bits per heavy atom. The van der Waals surface area contributed by atoms with Gasteiger partial charge in [0.25, 0.3) is 0 Å². The molecule has 0 amide bonds. The van der Waals surface area contributed by atoms with E-state index in [1.165, 1.54) is 0 Å². The number of nitrogens with two attached hydrogens (primary N) is 1. The second-order valence-corrected chi connectivity index (χ2v) is 6.41. The van der Waals surface area contributed by atoms with Crippen molar-refractivity contribution in [3.8, 4) is 0 Å². The Morgan fingerprint density at radius 2 is 2.13 bits per heavy atom. The van der Waals surface area contributed by atoms with Gasteiger partial charge in [-0.05, 0) is 46.1 Å². The van der Waals surface area contributed by atoms with Crippen LogP contribution in [0.2, 0.25) is 0 Å². The molecule has 1 unspecified atom stereocenters. The molecular formula is C12H24N2O. The van der Waals surface area contributed by atoms with E-state index in [1.54, 1.807) is 0 Å². The van der Waals surface area contributed by atoms with E-state index < -0.39 is 0 Å². The summed E-state index contributed by atoms with van der Waals surface area (Å²) < 4.78 is 0. The Labute approximate surface area is 92.6 Å². The van der Waals surface area contributed by atoms with Crippen LogP contribution >= 0.6 is 0 Å². The van der Waals surface area contributed by atoms with Gasteiger partial charge in [0.05, 0.1) is 6.10 Å². The zero-order valence-corrected chi connectivity index (χ0v) is 10.2. The lowest BCUT2D eigenvalue weighted by atomic mass is 9.81. The van der Waals surface area contributed by atoms with Gasteiger partial charge in [-0.15, -0.1) is 0 Å². The lowest BCUT2D eigenvalue weighted by Gasteiger charge is -2.34. The Hall–Kier alpha value is -0.120. The van der Waals surface area contributed by atoms with Gasteiger partial charge in [-0.2, -0.15) is 0 Å². The summed E-state index contributed by atoms with van der Waals surface area (Å²) in [5.74, 6) is 0.608. The van der Waals surface area contributed by atoms with Gasteiger partial charge in [0.1, 0.15) is 0 Å². The third-order valence-electron chi connectivity index (χ3n) is 4.37. The number of hydrogen-bond donors (Lipinski definition) is 2. The molecule has 0 spiro atoms. The molecule has 3 N–H and O–H groups in total. The molecule has 1 saturated carbocycles. The van der Waals surface area contributed by atoms with Gasteiger partial charge in [-0.3, -0.25) is 4.90 Å². The van der Waals surface area contributed by atoms with Gasteiger partial charge in [0.15, 0.2) is 0 Å². The summed E-state index contributed by atoms with van der Waals surface area (Å²) in [5, 5.41) is 9.75. The normalized spacial score (nSPS) is 42.2. The van der Waals surface area contributed by atoms with Gasteiger partial charge < -0.3 is 10.8 Å². The highest BCUT2D eigenvalue weighted by Crippen LogP contribution is 2.49. The van der Waals surface area contributed by atoms with E-state index in [9.17, 15) is 5.11 Å². The highest BCUT2D eigenvalue weighted by molar-refractivity contribution is 5.06. The van der Waals surface area contributed by atoms with E-state index in [-0.39, 0.29) is 17.1 Å². The Balaban J connectivity index is 2.14. The number of nitrogens with zero attached hydrogens (tertiary/aromatic N) is 1. The average molecular weight is 212 g/mol. The van der Waals surface area contributed by atoms with Crippen molar-refractivity contribution >= 4 is 0 Å². The fourth-order valence-electron chi connectivity index (χ4n) is 3.30. The molecule has 1 aliphatic carbocycles. The van der Waals surface area contributed by atoms with Gasteiger partial charge in [0, 0.05) is 24.0 Å². The summed E-state index contributed by atoms with van der Waals surface area (Å²) in [6.45, 7) is 9.67. The van der Waals surface area contributed by atoms with Crippen molar-refractivity contribution in [1.82, 2.24) is 4.90 Å². The zero-order chi connectivity index (χ0) is 11.3. The highest BCUT2D eigenvalue weighted by atomic mass is 16.3. The SMILES string of the molecule is CC(C)(C)N1C[C@H]2CC(O)C[C@@]2(CN)C1.